The molecule has 108 valence electrons. The lowest BCUT2D eigenvalue weighted by Crippen LogP contribution is -2.47. The molecule has 0 unspecified atom stereocenters. The topological polar surface area (TPSA) is 62.4 Å². The molecule has 1 aromatic rings. The fourth-order valence-electron chi connectivity index (χ4n) is 1.33. The van der Waals surface area contributed by atoms with Gasteiger partial charge in [0.15, 0.2) is 5.11 Å². The average Bonchev–Trinajstić information content (AvgIpc) is 2.43. The summed E-state index contributed by atoms with van der Waals surface area (Å²) in [5.41, 5.74) is 6.60. The van der Waals surface area contributed by atoms with E-state index in [0.29, 0.717) is 23.8 Å². The van der Waals surface area contributed by atoms with E-state index in [1.807, 2.05) is 13.8 Å². The van der Waals surface area contributed by atoms with Crippen LogP contribution in [0.5, 0.6) is 5.75 Å². The molecule has 1 rings (SSSR count). The Kier molecular flexibility index (Phi) is 6.52. The van der Waals surface area contributed by atoms with Gasteiger partial charge in [0.05, 0.1) is 6.61 Å². The van der Waals surface area contributed by atoms with Crippen LogP contribution in [0.25, 0.3) is 0 Å². The Hall–Kier alpha value is -2.08. The van der Waals surface area contributed by atoms with E-state index in [1.54, 1.807) is 24.3 Å². The van der Waals surface area contributed by atoms with Crippen LogP contribution in [0.4, 0.5) is 0 Å². The maximum atomic E-state index is 11.8. The minimum Gasteiger partial charge on any atom is -0.494 e. The van der Waals surface area contributed by atoms with Gasteiger partial charge in [-0.1, -0.05) is 12.2 Å². The zero-order valence-electron chi connectivity index (χ0n) is 11.7. The summed E-state index contributed by atoms with van der Waals surface area (Å²) in [4.78, 5) is 11.8. The smallest absolute Gasteiger partial charge is 0.269 e. The summed E-state index contributed by atoms with van der Waals surface area (Å²) in [7, 11) is 0. The number of nitrogens with one attached hydrogen (secondary N) is 3. The number of carbonyl (C=O) groups is 1. The number of carbonyl (C=O) groups excluding carboxylic acids is 1. The molecule has 1 amide bonds. The molecule has 0 aliphatic carbocycles. The van der Waals surface area contributed by atoms with E-state index in [4.69, 9.17) is 17.0 Å². The maximum Gasteiger partial charge on any atom is 0.269 e. The highest BCUT2D eigenvalue weighted by Gasteiger charge is 2.05. The normalized spacial score (nSPS) is 9.50. The summed E-state index contributed by atoms with van der Waals surface area (Å²) >= 11 is 5.00. The number of benzene rings is 1. The quantitative estimate of drug-likeness (QED) is 0.439. The Balaban J connectivity index is 2.42. The van der Waals surface area contributed by atoms with Gasteiger partial charge in [-0.15, -0.1) is 0 Å². The zero-order valence-corrected chi connectivity index (χ0v) is 12.5. The summed E-state index contributed by atoms with van der Waals surface area (Å²) in [6.45, 7) is 8.69. The molecule has 0 heterocycles. The predicted molar refractivity (Wildman–Crippen MR) is 83.6 cm³/mol. The Morgan fingerprint density at radius 3 is 2.50 bits per heavy atom. The number of hydrazine groups is 1. The van der Waals surface area contributed by atoms with Crippen LogP contribution in [-0.4, -0.2) is 24.2 Å². The predicted octanol–water partition coefficient (Wildman–Crippen LogP) is 1.77. The minimum absolute atomic E-state index is 0.271. The second-order valence-corrected chi connectivity index (χ2v) is 4.58. The molecule has 0 saturated carbocycles. The average molecular weight is 293 g/mol. The third kappa shape index (κ3) is 5.71. The number of thiocarbonyl (C=S) groups is 1. The summed E-state index contributed by atoms with van der Waals surface area (Å²) in [5, 5.41) is 3.24. The lowest BCUT2D eigenvalue weighted by Gasteiger charge is -2.11. The Bertz CT molecular complexity index is 486. The molecule has 0 saturated heterocycles. The first-order valence-corrected chi connectivity index (χ1v) is 6.65. The first kappa shape index (κ1) is 16.0. The molecule has 3 N–H and O–H groups in total. The van der Waals surface area contributed by atoms with Crippen molar-refractivity contribution in [3.63, 3.8) is 0 Å². The summed E-state index contributed by atoms with van der Waals surface area (Å²) in [6.07, 6.45) is 0. The highest BCUT2D eigenvalue weighted by Crippen LogP contribution is 2.11. The van der Waals surface area contributed by atoms with Crippen molar-refractivity contribution in [3.05, 3.63) is 42.0 Å². The van der Waals surface area contributed by atoms with Crippen LogP contribution in [-0.2, 0) is 0 Å². The Labute approximate surface area is 124 Å². The van der Waals surface area contributed by atoms with Gasteiger partial charge in [0.2, 0.25) is 0 Å². The molecule has 0 radical (unpaired) electrons. The summed E-state index contributed by atoms with van der Waals surface area (Å²) in [6, 6.07) is 6.87. The molecule has 0 atom stereocenters. The first-order valence-electron chi connectivity index (χ1n) is 6.24. The number of hydrogen-bond acceptors (Lipinski definition) is 3. The van der Waals surface area contributed by atoms with Crippen molar-refractivity contribution in [1.29, 1.82) is 0 Å². The van der Waals surface area contributed by atoms with Crippen LogP contribution >= 0.6 is 12.2 Å². The summed E-state index contributed by atoms with van der Waals surface area (Å²) in [5.74, 6) is 0.461. The minimum atomic E-state index is -0.271. The molecular weight excluding hydrogens is 274 g/mol. The van der Waals surface area contributed by atoms with Gasteiger partial charge in [-0.05, 0) is 50.3 Å². The molecule has 6 heteroatoms. The second-order valence-electron chi connectivity index (χ2n) is 4.18. The molecule has 0 aliphatic heterocycles. The van der Waals surface area contributed by atoms with Gasteiger partial charge in [0.1, 0.15) is 5.75 Å². The molecule has 0 bridgehead atoms. The highest BCUT2D eigenvalue weighted by molar-refractivity contribution is 7.80. The maximum absolute atomic E-state index is 11.8. The van der Waals surface area contributed by atoms with Crippen LogP contribution in [0.15, 0.2) is 36.4 Å². The van der Waals surface area contributed by atoms with E-state index in [2.05, 4.69) is 22.7 Å². The van der Waals surface area contributed by atoms with Gasteiger partial charge >= 0.3 is 0 Å². The third-order valence-corrected chi connectivity index (χ3v) is 2.51. The van der Waals surface area contributed by atoms with Crippen molar-refractivity contribution in [3.8, 4) is 5.75 Å². The molecule has 5 nitrogen and oxygen atoms in total. The molecular formula is C14H19N3O2S. The molecule has 1 aromatic carbocycles. The molecule has 0 spiro atoms. The zero-order chi connectivity index (χ0) is 15.0. The number of rotatable bonds is 5. The summed E-state index contributed by atoms with van der Waals surface area (Å²) < 4.78 is 5.31. The van der Waals surface area contributed by atoms with Gasteiger partial charge < -0.3 is 10.1 Å². The van der Waals surface area contributed by atoms with E-state index in [9.17, 15) is 4.79 Å². The molecule has 0 aliphatic rings. The van der Waals surface area contributed by atoms with Crippen molar-refractivity contribution in [2.75, 3.05) is 13.2 Å². The fourth-order valence-corrected chi connectivity index (χ4v) is 1.45. The number of ether oxygens (including phenoxy) is 1. The lowest BCUT2D eigenvalue weighted by molar-refractivity contribution is 0.0943. The van der Waals surface area contributed by atoms with Crippen LogP contribution in [0.1, 0.15) is 24.2 Å². The lowest BCUT2D eigenvalue weighted by atomic mass is 10.2. The van der Waals surface area contributed by atoms with Crippen molar-refractivity contribution in [1.82, 2.24) is 16.2 Å². The largest absolute Gasteiger partial charge is 0.494 e. The number of hydrogen-bond donors (Lipinski definition) is 3. The monoisotopic (exact) mass is 293 g/mol. The SMILES string of the molecule is C=C(C)CNC(=S)NNC(=O)c1ccc(OCC)cc1. The van der Waals surface area contributed by atoms with Gasteiger partial charge in [0.25, 0.3) is 5.91 Å². The molecule has 20 heavy (non-hydrogen) atoms. The van der Waals surface area contributed by atoms with Crippen molar-refractivity contribution in [2.45, 2.75) is 13.8 Å². The first-order chi connectivity index (χ1) is 9.52. The van der Waals surface area contributed by atoms with Crippen LogP contribution in [0, 0.1) is 0 Å². The fraction of sp³-hybridized carbons (Fsp3) is 0.286. The van der Waals surface area contributed by atoms with E-state index in [-0.39, 0.29) is 5.91 Å². The molecule has 0 fully saturated rings. The van der Waals surface area contributed by atoms with E-state index < -0.39 is 0 Å². The van der Waals surface area contributed by atoms with Crippen LogP contribution < -0.4 is 20.9 Å². The van der Waals surface area contributed by atoms with Gasteiger partial charge in [-0.2, -0.15) is 0 Å². The second kappa shape index (κ2) is 8.16. The van der Waals surface area contributed by atoms with Gasteiger partial charge in [0, 0.05) is 12.1 Å². The van der Waals surface area contributed by atoms with Crippen LogP contribution in [0.2, 0.25) is 0 Å². The van der Waals surface area contributed by atoms with Crippen molar-refractivity contribution >= 4 is 23.2 Å². The van der Waals surface area contributed by atoms with E-state index in [1.165, 1.54) is 0 Å². The van der Waals surface area contributed by atoms with E-state index in [0.717, 1.165) is 11.3 Å². The standard InChI is InChI=1S/C14H19N3O2S/c1-4-19-12-7-5-11(6-8-12)13(18)16-17-14(20)15-9-10(2)3/h5-8H,2,4,9H2,1,3H3,(H,16,18)(H2,15,17,20). The van der Waals surface area contributed by atoms with Gasteiger partial charge in [-0.25, -0.2) is 0 Å². The Morgan fingerprint density at radius 1 is 1.30 bits per heavy atom. The van der Waals surface area contributed by atoms with Crippen LogP contribution in [0.3, 0.4) is 0 Å². The Morgan fingerprint density at radius 2 is 1.95 bits per heavy atom. The van der Waals surface area contributed by atoms with Gasteiger partial charge in [-0.3, -0.25) is 15.6 Å². The molecule has 0 aromatic heterocycles. The van der Waals surface area contributed by atoms with Crippen molar-refractivity contribution in [2.24, 2.45) is 0 Å². The third-order valence-electron chi connectivity index (χ3n) is 2.27. The highest BCUT2D eigenvalue weighted by atomic mass is 32.1. The van der Waals surface area contributed by atoms with Crippen molar-refractivity contribution < 1.29 is 9.53 Å². The van der Waals surface area contributed by atoms with E-state index >= 15 is 0 Å². The number of amides is 1.